The van der Waals surface area contributed by atoms with Gasteiger partial charge in [-0.05, 0) is 85.0 Å². The number of piperidine rings is 2. The number of benzene rings is 2. The van der Waals surface area contributed by atoms with E-state index >= 15 is 0 Å². The molecule has 0 unspecified atom stereocenters. The number of hydrogen-bond donors (Lipinski definition) is 2. The van der Waals surface area contributed by atoms with Crippen molar-refractivity contribution >= 4 is 79.8 Å². The summed E-state index contributed by atoms with van der Waals surface area (Å²) in [5, 5.41) is 5.86. The minimum Gasteiger partial charge on any atom is -0.457 e. The maximum absolute atomic E-state index is 12.5. The van der Waals surface area contributed by atoms with Gasteiger partial charge in [0.25, 0.3) is 0 Å². The van der Waals surface area contributed by atoms with E-state index in [4.69, 9.17) is 29.2 Å². The Balaban J connectivity index is 1.16. The van der Waals surface area contributed by atoms with Crippen LogP contribution in [0, 0.1) is 23.7 Å². The van der Waals surface area contributed by atoms with Crippen LogP contribution in [0.4, 0.5) is 11.4 Å². The summed E-state index contributed by atoms with van der Waals surface area (Å²) in [7, 11) is 0. The van der Waals surface area contributed by atoms with Crippen molar-refractivity contribution in [2.75, 3.05) is 48.3 Å². The minimum atomic E-state index is -0.0901. The summed E-state index contributed by atoms with van der Waals surface area (Å²) in [6.07, 6.45) is 2.45. The SMILES string of the molecule is C[C@@H]1C[C@H](C)CN(C(=S)SCC(=O)Nc2ccc(Oc3ccc(NC(=O)CSC(=S)N4C[C@H](C)C[C@H](C)C4)cc3)cc2)C1. The first kappa shape index (κ1) is 33.6. The predicted octanol–water partition coefficient (Wildman–Crippen LogP) is 7.35. The van der Waals surface area contributed by atoms with E-state index in [0.717, 1.165) is 34.8 Å². The van der Waals surface area contributed by atoms with Crippen LogP contribution in [0.5, 0.6) is 11.5 Å². The van der Waals surface area contributed by atoms with E-state index in [9.17, 15) is 9.59 Å². The highest BCUT2D eigenvalue weighted by Crippen LogP contribution is 2.27. The molecule has 2 amide bonds. The van der Waals surface area contributed by atoms with Crippen molar-refractivity contribution < 1.29 is 14.3 Å². The van der Waals surface area contributed by atoms with Crippen LogP contribution in [-0.2, 0) is 9.59 Å². The van der Waals surface area contributed by atoms with Gasteiger partial charge in [0.2, 0.25) is 11.8 Å². The second kappa shape index (κ2) is 16.1. The van der Waals surface area contributed by atoms with Gasteiger partial charge in [-0.25, -0.2) is 0 Å². The number of nitrogens with one attached hydrogen (secondary N) is 2. The second-order valence-corrected chi connectivity index (χ2v) is 15.3. The fourth-order valence-corrected chi connectivity index (χ4v) is 7.77. The molecule has 2 heterocycles. The predicted molar refractivity (Wildman–Crippen MR) is 189 cm³/mol. The summed E-state index contributed by atoms with van der Waals surface area (Å²) >= 11 is 14.0. The topological polar surface area (TPSA) is 73.9 Å². The number of thiocarbonyl (C=S) groups is 2. The zero-order chi connectivity index (χ0) is 30.9. The summed E-state index contributed by atoms with van der Waals surface area (Å²) in [6, 6.07) is 14.5. The third-order valence-electron chi connectivity index (χ3n) is 7.42. The number of nitrogens with zero attached hydrogens (tertiary/aromatic N) is 2. The number of ether oxygens (including phenoxy) is 1. The number of thioether (sulfide) groups is 2. The van der Waals surface area contributed by atoms with E-state index in [1.54, 1.807) is 0 Å². The fourth-order valence-electron chi connectivity index (χ4n) is 5.80. The first-order valence-electron chi connectivity index (χ1n) is 14.8. The average Bonchev–Trinajstić information content (AvgIpc) is 2.95. The van der Waals surface area contributed by atoms with Crippen LogP contribution in [0.25, 0.3) is 0 Å². The van der Waals surface area contributed by atoms with Gasteiger partial charge in [-0.3, -0.25) is 9.59 Å². The highest BCUT2D eigenvalue weighted by molar-refractivity contribution is 8.23. The minimum absolute atomic E-state index is 0.0901. The Bertz CT molecular complexity index is 1160. The number of amides is 2. The number of rotatable bonds is 8. The molecule has 0 radical (unpaired) electrons. The Morgan fingerprint density at radius 1 is 0.674 bits per heavy atom. The standard InChI is InChI=1S/C32H42N4O3S4/c1-21-13-22(2)16-35(15-21)31(40)42-19-29(37)33-25-5-9-27(10-6-25)39-28-11-7-26(8-12-28)34-30(38)20-43-32(41)36-17-23(3)14-24(4)18-36/h5-12,21-24H,13-20H2,1-4H3,(H,33,37)(H,34,38)/t21-,22+,23-,24+. The molecule has 7 nitrogen and oxygen atoms in total. The van der Waals surface area contributed by atoms with Gasteiger partial charge in [0.15, 0.2) is 0 Å². The Morgan fingerprint density at radius 3 is 1.33 bits per heavy atom. The van der Waals surface area contributed by atoms with Crippen LogP contribution in [0.2, 0.25) is 0 Å². The monoisotopic (exact) mass is 658 g/mol. The van der Waals surface area contributed by atoms with Crippen molar-refractivity contribution in [3.05, 3.63) is 48.5 Å². The van der Waals surface area contributed by atoms with Gasteiger partial charge >= 0.3 is 0 Å². The molecular weight excluding hydrogens is 617 g/mol. The summed E-state index contributed by atoms with van der Waals surface area (Å²) in [5.74, 6) is 4.14. The molecular formula is C32H42N4O3S4. The fraction of sp³-hybridized carbons (Fsp3) is 0.500. The van der Waals surface area contributed by atoms with Crippen LogP contribution in [-0.4, -0.2) is 67.9 Å². The number of likely N-dealkylation sites (tertiary alicyclic amines) is 2. The Kier molecular flexibility index (Phi) is 12.6. The highest BCUT2D eigenvalue weighted by Gasteiger charge is 2.25. The Hall–Kier alpha value is -2.34. The van der Waals surface area contributed by atoms with Crippen molar-refractivity contribution in [1.82, 2.24) is 9.80 Å². The van der Waals surface area contributed by atoms with Crippen molar-refractivity contribution in [2.45, 2.75) is 40.5 Å². The normalized spacial score (nSPS) is 22.0. The van der Waals surface area contributed by atoms with Crippen LogP contribution >= 0.6 is 48.0 Å². The molecule has 4 atom stereocenters. The molecule has 2 aliphatic rings. The zero-order valence-corrected chi connectivity index (χ0v) is 28.6. The van der Waals surface area contributed by atoms with Crippen LogP contribution in [0.15, 0.2) is 48.5 Å². The number of carbonyl (C=O) groups excluding carboxylic acids is 2. The summed E-state index contributed by atoms with van der Waals surface area (Å²) in [6.45, 7) is 12.8. The summed E-state index contributed by atoms with van der Waals surface area (Å²) in [5.41, 5.74) is 1.40. The highest BCUT2D eigenvalue weighted by atomic mass is 32.2. The summed E-state index contributed by atoms with van der Waals surface area (Å²) < 4.78 is 7.54. The third-order valence-corrected chi connectivity index (χ3v) is 10.5. The van der Waals surface area contributed by atoms with E-state index in [2.05, 4.69) is 48.1 Å². The molecule has 2 N–H and O–H groups in total. The van der Waals surface area contributed by atoms with Gasteiger partial charge in [0.05, 0.1) is 11.5 Å². The van der Waals surface area contributed by atoms with Gasteiger partial charge in [-0.2, -0.15) is 0 Å². The third kappa shape index (κ3) is 11.0. The van der Waals surface area contributed by atoms with Crippen molar-refractivity contribution in [3.8, 4) is 11.5 Å². The molecule has 2 saturated heterocycles. The molecule has 0 aromatic heterocycles. The summed E-state index contributed by atoms with van der Waals surface area (Å²) in [4.78, 5) is 29.5. The van der Waals surface area contributed by atoms with Gasteiger partial charge in [0, 0.05) is 37.6 Å². The van der Waals surface area contributed by atoms with E-state index in [1.807, 2.05) is 48.5 Å². The van der Waals surface area contributed by atoms with Crippen molar-refractivity contribution in [2.24, 2.45) is 23.7 Å². The van der Waals surface area contributed by atoms with Crippen molar-refractivity contribution in [1.29, 1.82) is 0 Å². The largest absolute Gasteiger partial charge is 0.457 e. The smallest absolute Gasteiger partial charge is 0.234 e. The molecule has 2 aromatic carbocycles. The van der Waals surface area contributed by atoms with E-state index in [-0.39, 0.29) is 23.3 Å². The van der Waals surface area contributed by atoms with E-state index in [1.165, 1.54) is 36.4 Å². The Labute approximate surface area is 275 Å². The zero-order valence-electron chi connectivity index (χ0n) is 25.3. The van der Waals surface area contributed by atoms with Gasteiger partial charge in [-0.1, -0.05) is 75.7 Å². The van der Waals surface area contributed by atoms with Crippen LogP contribution in [0.1, 0.15) is 40.5 Å². The first-order chi connectivity index (χ1) is 20.5. The van der Waals surface area contributed by atoms with Gasteiger partial charge in [0.1, 0.15) is 20.1 Å². The molecule has 232 valence electrons. The quantitative estimate of drug-likeness (QED) is 0.283. The molecule has 2 aromatic rings. The molecule has 2 fully saturated rings. The molecule has 43 heavy (non-hydrogen) atoms. The lowest BCUT2D eigenvalue weighted by Gasteiger charge is -2.36. The van der Waals surface area contributed by atoms with Gasteiger partial charge in [-0.15, -0.1) is 0 Å². The number of hydrogen-bond acceptors (Lipinski definition) is 7. The average molecular weight is 659 g/mol. The van der Waals surface area contributed by atoms with Crippen LogP contribution in [0.3, 0.4) is 0 Å². The molecule has 0 aliphatic carbocycles. The second-order valence-electron chi connectivity index (χ2n) is 12.1. The lowest BCUT2D eigenvalue weighted by molar-refractivity contribution is -0.114. The number of carbonyl (C=O) groups is 2. The molecule has 0 spiro atoms. The molecule has 0 bridgehead atoms. The number of anilines is 2. The maximum Gasteiger partial charge on any atom is 0.234 e. The lowest BCUT2D eigenvalue weighted by Crippen LogP contribution is -2.41. The molecule has 4 rings (SSSR count). The molecule has 11 heteroatoms. The van der Waals surface area contributed by atoms with Crippen molar-refractivity contribution in [3.63, 3.8) is 0 Å². The van der Waals surface area contributed by atoms with E-state index < -0.39 is 0 Å². The lowest BCUT2D eigenvalue weighted by atomic mass is 9.92. The Morgan fingerprint density at radius 2 is 1.00 bits per heavy atom. The van der Waals surface area contributed by atoms with Crippen LogP contribution < -0.4 is 15.4 Å². The maximum atomic E-state index is 12.5. The van der Waals surface area contributed by atoms with E-state index in [0.29, 0.717) is 46.5 Å². The molecule has 0 saturated carbocycles. The van der Waals surface area contributed by atoms with Gasteiger partial charge < -0.3 is 25.2 Å². The first-order valence-corrected chi connectivity index (χ1v) is 17.6. The molecule has 2 aliphatic heterocycles.